The first kappa shape index (κ1) is 25.1. The van der Waals surface area contributed by atoms with Gasteiger partial charge in [0.2, 0.25) is 0 Å². The first-order chi connectivity index (χ1) is 5.08. The summed E-state index contributed by atoms with van der Waals surface area (Å²) in [5.74, 6) is 0.167. The molecular formula is C6H13Na2O6P. The summed E-state index contributed by atoms with van der Waals surface area (Å²) < 4.78 is 14.5. The molecule has 0 aliphatic rings. The molecule has 0 amide bonds. The minimum Gasteiger partial charge on any atom is -1.00 e. The third kappa shape index (κ3) is 13.0. The van der Waals surface area contributed by atoms with Crippen LogP contribution in [0.2, 0.25) is 0 Å². The zero-order valence-electron chi connectivity index (χ0n) is 10.5. The van der Waals surface area contributed by atoms with E-state index >= 15 is 0 Å². The first-order valence-electron chi connectivity index (χ1n) is 2.88. The molecule has 0 fully saturated rings. The van der Waals surface area contributed by atoms with E-state index in [1.807, 2.05) is 0 Å². The molecule has 1 aromatic rings. The average Bonchev–Trinajstić information content (AvgIpc) is 1.85. The number of para-hydroxylation sites is 1. The van der Waals surface area contributed by atoms with E-state index in [-0.39, 0.29) is 78.7 Å². The van der Waals surface area contributed by atoms with Crippen LogP contribution in [0.5, 0.6) is 5.75 Å². The van der Waals surface area contributed by atoms with E-state index in [0.717, 1.165) is 0 Å². The predicted octanol–water partition coefficient (Wildman–Crippen LogP) is -6.26. The first-order valence-corrected chi connectivity index (χ1v) is 4.41. The van der Waals surface area contributed by atoms with Crippen LogP contribution in [-0.4, -0.2) is 20.7 Å². The Labute approximate surface area is 134 Å². The summed E-state index contributed by atoms with van der Waals surface area (Å²) in [7, 11) is -4.39. The second kappa shape index (κ2) is 11.6. The van der Waals surface area contributed by atoms with Crippen molar-refractivity contribution in [1.29, 1.82) is 0 Å². The molecule has 9 heteroatoms. The summed E-state index contributed by atoms with van der Waals surface area (Å²) in [4.78, 5) is 16.7. The van der Waals surface area contributed by atoms with Crippen LogP contribution in [0, 0.1) is 0 Å². The number of phosphoric acid groups is 1. The fourth-order valence-corrected chi connectivity index (χ4v) is 1.02. The van der Waals surface area contributed by atoms with Crippen LogP contribution in [0.15, 0.2) is 30.3 Å². The Morgan fingerprint density at radius 2 is 1.47 bits per heavy atom. The normalized spacial score (nSPS) is 8.13. The molecule has 80 valence electrons. The Morgan fingerprint density at radius 3 is 1.80 bits per heavy atom. The molecule has 0 saturated carbocycles. The van der Waals surface area contributed by atoms with Gasteiger partial charge < -0.3 is 18.3 Å². The standard InChI is InChI=1S/C6H7O4P.2Na.2H2O.2H/c7-11(8,9)10-6-4-2-1-3-5-6;;;;;;/h1-5H,(H2,7,8,9);;;2*1H2;;/q;2*+1;;;2*-1. The molecule has 15 heavy (non-hydrogen) atoms. The van der Waals surface area contributed by atoms with Gasteiger partial charge in [-0.25, -0.2) is 4.57 Å². The van der Waals surface area contributed by atoms with Gasteiger partial charge in [0.25, 0.3) is 0 Å². The number of hydrogen-bond donors (Lipinski definition) is 2. The van der Waals surface area contributed by atoms with Gasteiger partial charge in [0.15, 0.2) is 0 Å². The minimum atomic E-state index is -4.39. The maximum Gasteiger partial charge on any atom is 1.00 e. The second-order valence-electron chi connectivity index (χ2n) is 1.89. The molecule has 0 heterocycles. The molecule has 0 unspecified atom stereocenters. The third-order valence-corrected chi connectivity index (χ3v) is 1.42. The van der Waals surface area contributed by atoms with Crippen LogP contribution in [0.3, 0.4) is 0 Å². The van der Waals surface area contributed by atoms with Crippen LogP contribution in [0.1, 0.15) is 2.85 Å². The Bertz CT molecular complexity index is 285. The Balaban J connectivity index is -0.0000000504. The number of phosphoric ester groups is 1. The zero-order chi connectivity index (χ0) is 8.32. The van der Waals surface area contributed by atoms with E-state index in [0.29, 0.717) is 0 Å². The quantitative estimate of drug-likeness (QED) is 0.403. The van der Waals surface area contributed by atoms with Gasteiger partial charge in [-0.2, -0.15) is 0 Å². The van der Waals surface area contributed by atoms with Crippen LogP contribution in [-0.2, 0) is 4.57 Å². The summed E-state index contributed by atoms with van der Waals surface area (Å²) in [6.07, 6.45) is 0. The van der Waals surface area contributed by atoms with Crippen molar-refractivity contribution in [3.8, 4) is 5.75 Å². The van der Waals surface area contributed by atoms with Gasteiger partial charge >= 0.3 is 66.9 Å². The largest absolute Gasteiger partial charge is 1.00 e. The van der Waals surface area contributed by atoms with Crippen LogP contribution in [0.4, 0.5) is 0 Å². The molecule has 0 bridgehead atoms. The summed E-state index contributed by atoms with van der Waals surface area (Å²) in [5.41, 5.74) is 0. The number of benzene rings is 1. The molecular weight excluding hydrogens is 245 g/mol. The van der Waals surface area contributed by atoms with E-state index in [2.05, 4.69) is 4.52 Å². The summed E-state index contributed by atoms with van der Waals surface area (Å²) >= 11 is 0. The van der Waals surface area contributed by atoms with Crippen LogP contribution in [0.25, 0.3) is 0 Å². The third-order valence-electron chi connectivity index (χ3n) is 0.968. The van der Waals surface area contributed by atoms with Crippen molar-refractivity contribution in [3.63, 3.8) is 0 Å². The van der Waals surface area contributed by atoms with Crippen molar-refractivity contribution >= 4 is 7.82 Å². The summed E-state index contributed by atoms with van der Waals surface area (Å²) in [6, 6.07) is 7.93. The molecule has 6 nitrogen and oxygen atoms in total. The van der Waals surface area contributed by atoms with Crippen molar-refractivity contribution < 1.29 is 91.8 Å². The topological polar surface area (TPSA) is 130 Å². The van der Waals surface area contributed by atoms with Gasteiger partial charge in [-0.1, -0.05) is 18.2 Å². The summed E-state index contributed by atoms with van der Waals surface area (Å²) in [6.45, 7) is 0. The zero-order valence-corrected chi connectivity index (χ0v) is 13.4. The monoisotopic (exact) mass is 258 g/mol. The Morgan fingerprint density at radius 1 is 1.07 bits per heavy atom. The SMILES string of the molecule is O.O.O=P(O)(O)Oc1ccccc1.[H-].[H-].[Na+].[Na+]. The van der Waals surface area contributed by atoms with E-state index in [1.165, 1.54) is 12.1 Å². The van der Waals surface area contributed by atoms with E-state index in [9.17, 15) is 4.57 Å². The number of hydrogen-bond acceptors (Lipinski definition) is 2. The fraction of sp³-hybridized carbons (Fsp3) is 0. The van der Waals surface area contributed by atoms with Gasteiger partial charge in [-0.05, 0) is 12.1 Å². The maximum absolute atomic E-state index is 10.3. The molecule has 0 aliphatic heterocycles. The summed E-state index contributed by atoms with van der Waals surface area (Å²) in [5, 5.41) is 0. The van der Waals surface area contributed by atoms with E-state index in [4.69, 9.17) is 9.79 Å². The molecule has 0 spiro atoms. The van der Waals surface area contributed by atoms with Gasteiger partial charge in [0, 0.05) is 0 Å². The van der Waals surface area contributed by atoms with Gasteiger partial charge in [-0.3, -0.25) is 9.79 Å². The maximum atomic E-state index is 10.3. The number of rotatable bonds is 2. The van der Waals surface area contributed by atoms with E-state index < -0.39 is 7.82 Å². The molecule has 0 aliphatic carbocycles. The molecule has 0 atom stereocenters. The average molecular weight is 258 g/mol. The van der Waals surface area contributed by atoms with Crippen molar-refractivity contribution in [2.75, 3.05) is 0 Å². The molecule has 0 saturated heterocycles. The minimum absolute atomic E-state index is 0. The smallest absolute Gasteiger partial charge is 1.00 e. The van der Waals surface area contributed by atoms with E-state index in [1.54, 1.807) is 18.2 Å². The molecule has 6 N–H and O–H groups in total. The fourth-order valence-electron chi connectivity index (χ4n) is 0.619. The van der Waals surface area contributed by atoms with Crippen molar-refractivity contribution in [2.24, 2.45) is 0 Å². The van der Waals surface area contributed by atoms with Gasteiger partial charge in [-0.15, -0.1) is 0 Å². The molecule has 1 aromatic carbocycles. The molecule has 0 radical (unpaired) electrons. The van der Waals surface area contributed by atoms with Crippen molar-refractivity contribution in [3.05, 3.63) is 30.3 Å². The van der Waals surface area contributed by atoms with Gasteiger partial charge in [0.1, 0.15) is 5.75 Å². The Hall–Kier alpha value is 1.09. The molecule has 0 aromatic heterocycles. The van der Waals surface area contributed by atoms with Crippen LogP contribution >= 0.6 is 7.82 Å². The van der Waals surface area contributed by atoms with Crippen molar-refractivity contribution in [1.82, 2.24) is 0 Å². The molecule has 1 rings (SSSR count). The second-order valence-corrected chi connectivity index (χ2v) is 3.06. The predicted molar refractivity (Wildman–Crippen MR) is 48.6 cm³/mol. The van der Waals surface area contributed by atoms with Crippen LogP contribution < -0.4 is 63.6 Å². The van der Waals surface area contributed by atoms with Gasteiger partial charge in [0.05, 0.1) is 0 Å². The Kier molecular flexibility index (Phi) is 19.3. The van der Waals surface area contributed by atoms with Crippen molar-refractivity contribution in [2.45, 2.75) is 0 Å².